The molecule has 0 spiro atoms. The van der Waals surface area contributed by atoms with Crippen LogP contribution >= 0.6 is 11.3 Å². The van der Waals surface area contributed by atoms with Gasteiger partial charge in [0.2, 0.25) is 5.91 Å². The lowest BCUT2D eigenvalue weighted by Gasteiger charge is -2.22. The second-order valence-electron chi connectivity index (χ2n) is 8.31. The number of carbonyl (C=O) groups is 2. The van der Waals surface area contributed by atoms with Crippen molar-refractivity contribution in [3.8, 4) is 0 Å². The number of rotatable bonds is 8. The Morgan fingerprint density at radius 1 is 1.23 bits per heavy atom. The number of nitrogens with zero attached hydrogens (tertiary/aromatic N) is 2. The summed E-state index contributed by atoms with van der Waals surface area (Å²) in [6.45, 7) is 6.71. The van der Waals surface area contributed by atoms with Gasteiger partial charge >= 0.3 is 0 Å². The number of hydrogen-bond donors (Lipinski definition) is 1. The predicted octanol–water partition coefficient (Wildman–Crippen LogP) is 5.15. The molecule has 0 saturated heterocycles. The molecular weight excluding hydrogens is 410 g/mol. The highest BCUT2D eigenvalue weighted by Crippen LogP contribution is 2.30. The molecule has 2 amide bonds. The summed E-state index contributed by atoms with van der Waals surface area (Å²) in [6, 6.07) is 10.5. The number of anilines is 1. The van der Waals surface area contributed by atoms with Crippen molar-refractivity contribution in [3.05, 3.63) is 70.1 Å². The van der Waals surface area contributed by atoms with E-state index in [4.69, 9.17) is 4.42 Å². The van der Waals surface area contributed by atoms with Gasteiger partial charge in [0.15, 0.2) is 5.13 Å². The predicted molar refractivity (Wildman–Crippen MR) is 121 cm³/mol. The van der Waals surface area contributed by atoms with Crippen molar-refractivity contribution in [1.82, 2.24) is 9.88 Å². The first kappa shape index (κ1) is 21.3. The average Bonchev–Trinajstić information content (AvgIpc) is 3.34. The SMILES string of the molecule is Cc1occc1C(=O)Nc1nc(CC(=O)N(Cc2ccc(C(C)C)cc2)C2CC2)cs1. The van der Waals surface area contributed by atoms with Gasteiger partial charge in [-0.2, -0.15) is 0 Å². The fourth-order valence-corrected chi connectivity index (χ4v) is 4.20. The molecule has 1 aliphatic carbocycles. The van der Waals surface area contributed by atoms with E-state index in [1.807, 2.05) is 10.3 Å². The summed E-state index contributed by atoms with van der Waals surface area (Å²) in [4.78, 5) is 31.8. The Hall–Kier alpha value is -2.93. The van der Waals surface area contributed by atoms with Crippen LogP contribution in [0.4, 0.5) is 5.13 Å². The zero-order valence-electron chi connectivity index (χ0n) is 18.1. The van der Waals surface area contributed by atoms with E-state index in [2.05, 4.69) is 48.4 Å². The van der Waals surface area contributed by atoms with Crippen molar-refractivity contribution in [1.29, 1.82) is 0 Å². The fourth-order valence-electron chi connectivity index (χ4n) is 3.50. The maximum Gasteiger partial charge on any atom is 0.260 e. The summed E-state index contributed by atoms with van der Waals surface area (Å²) in [7, 11) is 0. The summed E-state index contributed by atoms with van der Waals surface area (Å²) in [5.74, 6) is 0.866. The van der Waals surface area contributed by atoms with E-state index in [0.717, 1.165) is 18.4 Å². The van der Waals surface area contributed by atoms with Crippen LogP contribution < -0.4 is 5.32 Å². The second kappa shape index (κ2) is 9.06. The number of furan rings is 1. The van der Waals surface area contributed by atoms with Crippen LogP contribution in [0, 0.1) is 6.92 Å². The molecule has 0 aliphatic heterocycles. The number of aryl methyl sites for hydroxylation is 1. The topological polar surface area (TPSA) is 75.4 Å². The molecule has 1 saturated carbocycles. The maximum absolute atomic E-state index is 13.0. The summed E-state index contributed by atoms with van der Waals surface area (Å²) >= 11 is 1.32. The molecule has 0 radical (unpaired) electrons. The minimum absolute atomic E-state index is 0.0734. The van der Waals surface area contributed by atoms with Crippen molar-refractivity contribution in [3.63, 3.8) is 0 Å². The molecular formula is C24H27N3O3S. The first-order valence-corrected chi connectivity index (χ1v) is 11.5. The normalized spacial score (nSPS) is 13.4. The summed E-state index contributed by atoms with van der Waals surface area (Å²) in [6.07, 6.45) is 3.83. The highest BCUT2D eigenvalue weighted by Gasteiger charge is 2.32. The highest BCUT2D eigenvalue weighted by atomic mass is 32.1. The zero-order chi connectivity index (χ0) is 22.0. The molecule has 2 aromatic heterocycles. The molecule has 0 bridgehead atoms. The van der Waals surface area contributed by atoms with Crippen molar-refractivity contribution in [2.75, 3.05) is 5.32 Å². The largest absolute Gasteiger partial charge is 0.469 e. The lowest BCUT2D eigenvalue weighted by atomic mass is 10.0. The Morgan fingerprint density at radius 3 is 2.58 bits per heavy atom. The molecule has 1 N–H and O–H groups in total. The van der Waals surface area contributed by atoms with Crippen molar-refractivity contribution in [2.24, 2.45) is 0 Å². The first-order valence-electron chi connectivity index (χ1n) is 10.6. The van der Waals surface area contributed by atoms with Crippen LogP contribution in [0.15, 0.2) is 46.4 Å². The van der Waals surface area contributed by atoms with Gasteiger partial charge in [0.1, 0.15) is 5.76 Å². The molecule has 162 valence electrons. The Bertz CT molecular complexity index is 1060. The molecule has 31 heavy (non-hydrogen) atoms. The smallest absolute Gasteiger partial charge is 0.260 e. The minimum atomic E-state index is -0.261. The summed E-state index contributed by atoms with van der Waals surface area (Å²) in [5.41, 5.74) is 3.60. The van der Waals surface area contributed by atoms with Crippen molar-refractivity contribution < 1.29 is 14.0 Å². The minimum Gasteiger partial charge on any atom is -0.469 e. The van der Waals surface area contributed by atoms with Crippen LogP contribution in [-0.4, -0.2) is 27.7 Å². The zero-order valence-corrected chi connectivity index (χ0v) is 18.9. The molecule has 1 aromatic carbocycles. The number of aromatic nitrogens is 1. The Balaban J connectivity index is 1.38. The van der Waals surface area contributed by atoms with E-state index >= 15 is 0 Å². The van der Waals surface area contributed by atoms with E-state index in [9.17, 15) is 9.59 Å². The molecule has 3 aromatic rings. The van der Waals surface area contributed by atoms with Crippen LogP contribution in [0.25, 0.3) is 0 Å². The Labute approximate surface area is 186 Å². The fraction of sp³-hybridized carbons (Fsp3) is 0.375. The first-order chi connectivity index (χ1) is 14.9. The summed E-state index contributed by atoms with van der Waals surface area (Å²) in [5, 5.41) is 5.09. The number of benzene rings is 1. The van der Waals surface area contributed by atoms with Crippen molar-refractivity contribution >= 4 is 28.3 Å². The number of nitrogens with one attached hydrogen (secondary N) is 1. The van der Waals surface area contributed by atoms with E-state index in [1.165, 1.54) is 23.2 Å². The average molecular weight is 438 g/mol. The lowest BCUT2D eigenvalue weighted by Crippen LogP contribution is -2.33. The van der Waals surface area contributed by atoms with Gasteiger partial charge in [0.25, 0.3) is 5.91 Å². The van der Waals surface area contributed by atoms with Crippen LogP contribution in [0.3, 0.4) is 0 Å². The van der Waals surface area contributed by atoms with E-state index in [1.54, 1.807) is 13.0 Å². The van der Waals surface area contributed by atoms with E-state index in [0.29, 0.717) is 40.7 Å². The second-order valence-corrected chi connectivity index (χ2v) is 9.17. The van der Waals surface area contributed by atoms with Gasteiger partial charge in [-0.1, -0.05) is 38.1 Å². The summed E-state index contributed by atoms with van der Waals surface area (Å²) < 4.78 is 5.17. The molecule has 1 fully saturated rings. The molecule has 0 atom stereocenters. The lowest BCUT2D eigenvalue weighted by molar-refractivity contribution is -0.131. The Kier molecular flexibility index (Phi) is 6.23. The third kappa shape index (κ3) is 5.22. The number of amides is 2. The van der Waals surface area contributed by atoms with Gasteiger partial charge in [-0.15, -0.1) is 11.3 Å². The number of thiazole rings is 1. The van der Waals surface area contributed by atoms with Gasteiger partial charge in [0.05, 0.1) is 23.9 Å². The monoisotopic (exact) mass is 437 g/mol. The number of hydrogen-bond acceptors (Lipinski definition) is 5. The van der Waals surface area contributed by atoms with E-state index < -0.39 is 0 Å². The van der Waals surface area contributed by atoms with Gasteiger partial charge in [-0.25, -0.2) is 4.98 Å². The molecule has 7 heteroatoms. The third-order valence-electron chi connectivity index (χ3n) is 5.52. The molecule has 2 heterocycles. The Morgan fingerprint density at radius 2 is 1.97 bits per heavy atom. The number of carbonyl (C=O) groups excluding carboxylic acids is 2. The molecule has 1 aliphatic rings. The van der Waals surface area contributed by atoms with E-state index in [-0.39, 0.29) is 18.2 Å². The highest BCUT2D eigenvalue weighted by molar-refractivity contribution is 7.14. The van der Waals surface area contributed by atoms with Crippen LogP contribution in [0.1, 0.15) is 65.5 Å². The van der Waals surface area contributed by atoms with Gasteiger partial charge in [-0.05, 0) is 42.9 Å². The van der Waals surface area contributed by atoms with Crippen LogP contribution in [0.2, 0.25) is 0 Å². The van der Waals surface area contributed by atoms with Gasteiger partial charge in [0, 0.05) is 18.0 Å². The van der Waals surface area contributed by atoms with Gasteiger partial charge in [-0.3, -0.25) is 14.9 Å². The quantitative estimate of drug-likeness (QED) is 0.529. The van der Waals surface area contributed by atoms with Crippen molar-refractivity contribution in [2.45, 2.75) is 58.5 Å². The standard InChI is InChI=1S/C24H27N3O3S/c1-15(2)18-6-4-17(5-7-18)13-27(20-8-9-20)22(28)12-19-14-31-24(25-19)26-23(29)21-10-11-30-16(21)3/h4-7,10-11,14-15,20H,8-9,12-13H2,1-3H3,(H,25,26,29). The van der Waals surface area contributed by atoms with Gasteiger partial charge < -0.3 is 9.32 Å². The van der Waals surface area contributed by atoms with Crippen LogP contribution in [-0.2, 0) is 17.8 Å². The third-order valence-corrected chi connectivity index (χ3v) is 6.32. The molecule has 4 rings (SSSR count). The van der Waals surface area contributed by atoms with Crippen LogP contribution in [0.5, 0.6) is 0 Å². The maximum atomic E-state index is 13.0. The molecule has 6 nitrogen and oxygen atoms in total. The molecule has 0 unspecified atom stereocenters.